The average molecular weight is 538 g/mol. The molecule has 0 bridgehead atoms. The molecular formula is C22H15Cl2F2N5O3S. The molecule has 4 rings (SSSR count). The van der Waals surface area contributed by atoms with Gasteiger partial charge in [0.15, 0.2) is 15.7 Å². The topological polar surface area (TPSA) is 107 Å². The lowest BCUT2D eigenvalue weighted by Crippen LogP contribution is -2.14. The zero-order valence-electron chi connectivity index (χ0n) is 17.8. The summed E-state index contributed by atoms with van der Waals surface area (Å²) in [6, 6.07) is 6.87. The van der Waals surface area contributed by atoms with Gasteiger partial charge in [0.2, 0.25) is 0 Å². The highest BCUT2D eigenvalue weighted by Gasteiger charge is 2.20. The SMILES string of the molecule is CS(=O)(=O)Cc1cc(F)ccc1-c1cc(Cl)c(C(=O)Nc2cnc(-n3nccn3)c(Cl)c2)cc1F. The maximum absolute atomic E-state index is 15.1. The van der Waals surface area contributed by atoms with Crippen LogP contribution >= 0.6 is 23.2 Å². The molecule has 0 spiro atoms. The number of pyridine rings is 1. The number of aromatic nitrogens is 4. The number of benzene rings is 2. The summed E-state index contributed by atoms with van der Waals surface area (Å²) >= 11 is 12.5. The summed E-state index contributed by atoms with van der Waals surface area (Å²) in [5.41, 5.74) is 0.152. The summed E-state index contributed by atoms with van der Waals surface area (Å²) in [6.45, 7) is 0. The Bertz CT molecular complexity index is 1550. The number of hydrogen-bond donors (Lipinski definition) is 1. The molecule has 1 N–H and O–H groups in total. The third-order valence-electron chi connectivity index (χ3n) is 4.76. The average Bonchev–Trinajstić information content (AvgIpc) is 3.29. The Morgan fingerprint density at radius 3 is 2.40 bits per heavy atom. The molecular weight excluding hydrogens is 523 g/mol. The van der Waals surface area contributed by atoms with Gasteiger partial charge in [-0.15, -0.1) is 4.80 Å². The van der Waals surface area contributed by atoms with Crippen LogP contribution in [0.2, 0.25) is 10.0 Å². The van der Waals surface area contributed by atoms with Gasteiger partial charge in [-0.2, -0.15) is 10.2 Å². The van der Waals surface area contributed by atoms with Crippen LogP contribution in [0.4, 0.5) is 14.5 Å². The van der Waals surface area contributed by atoms with E-state index in [2.05, 4.69) is 20.5 Å². The van der Waals surface area contributed by atoms with Gasteiger partial charge in [0, 0.05) is 11.8 Å². The monoisotopic (exact) mass is 537 g/mol. The molecule has 180 valence electrons. The van der Waals surface area contributed by atoms with Crippen LogP contribution in [0.15, 0.2) is 55.0 Å². The molecule has 0 radical (unpaired) electrons. The van der Waals surface area contributed by atoms with Gasteiger partial charge in [-0.1, -0.05) is 29.3 Å². The van der Waals surface area contributed by atoms with E-state index in [1.54, 1.807) is 0 Å². The van der Waals surface area contributed by atoms with Crippen molar-refractivity contribution >= 4 is 44.6 Å². The zero-order valence-corrected chi connectivity index (χ0v) is 20.2. The van der Waals surface area contributed by atoms with Crippen molar-refractivity contribution in [2.24, 2.45) is 0 Å². The fourth-order valence-corrected chi connectivity index (χ4v) is 4.62. The number of nitrogens with one attached hydrogen (secondary N) is 1. The predicted molar refractivity (Wildman–Crippen MR) is 127 cm³/mol. The lowest BCUT2D eigenvalue weighted by atomic mass is 9.98. The molecule has 0 unspecified atom stereocenters. The van der Waals surface area contributed by atoms with Crippen LogP contribution in [0.5, 0.6) is 0 Å². The van der Waals surface area contributed by atoms with Crippen molar-refractivity contribution in [2.75, 3.05) is 11.6 Å². The zero-order chi connectivity index (χ0) is 25.3. The van der Waals surface area contributed by atoms with Crippen molar-refractivity contribution in [3.8, 4) is 16.9 Å². The van der Waals surface area contributed by atoms with Crippen LogP contribution < -0.4 is 5.32 Å². The molecule has 0 aliphatic carbocycles. The molecule has 2 heterocycles. The number of nitrogens with zero attached hydrogens (tertiary/aromatic N) is 4. The molecule has 2 aromatic carbocycles. The van der Waals surface area contributed by atoms with E-state index < -0.39 is 33.1 Å². The summed E-state index contributed by atoms with van der Waals surface area (Å²) < 4.78 is 52.3. The number of carbonyl (C=O) groups is 1. The second-order valence-corrected chi connectivity index (χ2v) is 10.4. The minimum Gasteiger partial charge on any atom is -0.320 e. The molecule has 0 aliphatic heterocycles. The van der Waals surface area contributed by atoms with Crippen LogP contribution in [0.25, 0.3) is 16.9 Å². The van der Waals surface area contributed by atoms with Crippen molar-refractivity contribution in [3.63, 3.8) is 0 Å². The predicted octanol–water partition coefficient (Wildman–Crippen LogP) is 4.71. The number of amides is 1. The third kappa shape index (κ3) is 5.64. The number of rotatable bonds is 6. The van der Waals surface area contributed by atoms with Gasteiger partial charge in [0.25, 0.3) is 5.91 Å². The Morgan fingerprint density at radius 2 is 1.74 bits per heavy atom. The van der Waals surface area contributed by atoms with E-state index in [4.69, 9.17) is 23.2 Å². The van der Waals surface area contributed by atoms with Crippen molar-refractivity contribution in [3.05, 3.63) is 87.8 Å². The maximum atomic E-state index is 15.1. The van der Waals surface area contributed by atoms with E-state index in [0.29, 0.717) is 0 Å². The molecule has 0 aliphatic rings. The Morgan fingerprint density at radius 1 is 1.03 bits per heavy atom. The van der Waals surface area contributed by atoms with E-state index in [9.17, 15) is 17.6 Å². The first-order valence-corrected chi connectivity index (χ1v) is 12.6. The standard InChI is InChI=1S/C22H15Cl2F2N5O3S/c1-35(33,34)11-12-6-13(25)2-3-15(12)16-8-18(23)17(9-20(16)26)22(32)30-14-7-19(24)21(27-10-14)31-28-4-5-29-31/h2-10H,11H2,1H3,(H,30,32). The van der Waals surface area contributed by atoms with Crippen molar-refractivity contribution < 1.29 is 22.0 Å². The van der Waals surface area contributed by atoms with Crippen molar-refractivity contribution in [1.29, 1.82) is 0 Å². The number of sulfone groups is 1. The second-order valence-electron chi connectivity index (χ2n) is 7.49. The van der Waals surface area contributed by atoms with Crippen molar-refractivity contribution in [2.45, 2.75) is 5.75 Å². The Hall–Kier alpha value is -3.41. The highest BCUT2D eigenvalue weighted by molar-refractivity contribution is 7.89. The van der Waals surface area contributed by atoms with E-state index >= 15 is 4.39 Å². The first-order valence-electron chi connectivity index (χ1n) is 9.81. The number of anilines is 1. The summed E-state index contributed by atoms with van der Waals surface area (Å²) in [7, 11) is -3.54. The van der Waals surface area contributed by atoms with E-state index in [1.807, 2.05) is 0 Å². The first-order chi connectivity index (χ1) is 16.5. The first kappa shape index (κ1) is 24.7. The molecule has 0 fully saturated rings. The fraction of sp³-hybridized carbons (Fsp3) is 0.0909. The molecule has 8 nitrogen and oxygen atoms in total. The summed E-state index contributed by atoms with van der Waals surface area (Å²) in [6.07, 6.45) is 5.20. The highest BCUT2D eigenvalue weighted by atomic mass is 35.5. The molecule has 0 saturated carbocycles. The minimum atomic E-state index is -3.54. The smallest absolute Gasteiger partial charge is 0.257 e. The van der Waals surface area contributed by atoms with Crippen molar-refractivity contribution in [1.82, 2.24) is 20.0 Å². The lowest BCUT2D eigenvalue weighted by Gasteiger charge is -2.13. The van der Waals surface area contributed by atoms with Gasteiger partial charge in [-0.25, -0.2) is 22.2 Å². The largest absolute Gasteiger partial charge is 0.320 e. The summed E-state index contributed by atoms with van der Waals surface area (Å²) in [5.74, 6) is -2.52. The number of carbonyl (C=O) groups excluding carboxylic acids is 1. The van der Waals surface area contributed by atoms with Crippen LogP contribution in [0.1, 0.15) is 15.9 Å². The molecule has 4 aromatic rings. The summed E-state index contributed by atoms with van der Waals surface area (Å²) in [5, 5.41) is 10.4. The van der Waals surface area contributed by atoms with Crippen LogP contribution in [0.3, 0.4) is 0 Å². The van der Waals surface area contributed by atoms with E-state index in [-0.39, 0.29) is 43.8 Å². The Kier molecular flexibility index (Phi) is 6.84. The minimum absolute atomic E-state index is 0.0622. The van der Waals surface area contributed by atoms with Crippen LogP contribution in [0, 0.1) is 11.6 Å². The summed E-state index contributed by atoms with van der Waals surface area (Å²) in [4.78, 5) is 18.1. The number of hydrogen-bond acceptors (Lipinski definition) is 6. The van der Waals surface area contributed by atoms with Gasteiger partial charge in [0.1, 0.15) is 11.6 Å². The Labute approximate surface area is 208 Å². The highest BCUT2D eigenvalue weighted by Crippen LogP contribution is 2.33. The molecule has 35 heavy (non-hydrogen) atoms. The maximum Gasteiger partial charge on any atom is 0.257 e. The van der Waals surface area contributed by atoms with E-state index in [1.165, 1.54) is 41.6 Å². The molecule has 1 amide bonds. The third-order valence-corrected chi connectivity index (χ3v) is 6.19. The van der Waals surface area contributed by atoms with Gasteiger partial charge in [-0.3, -0.25) is 4.79 Å². The molecule has 0 atom stereocenters. The van der Waals surface area contributed by atoms with Crippen LogP contribution in [-0.2, 0) is 15.6 Å². The number of halogens is 4. The molecule has 13 heteroatoms. The lowest BCUT2D eigenvalue weighted by molar-refractivity contribution is 0.102. The molecule has 0 saturated heterocycles. The van der Waals surface area contributed by atoms with Gasteiger partial charge in [0.05, 0.1) is 45.6 Å². The van der Waals surface area contributed by atoms with Crippen LogP contribution in [-0.4, -0.2) is 40.6 Å². The Balaban J connectivity index is 1.64. The van der Waals surface area contributed by atoms with Gasteiger partial charge >= 0.3 is 0 Å². The van der Waals surface area contributed by atoms with Gasteiger partial charge in [-0.05, 0) is 41.5 Å². The van der Waals surface area contributed by atoms with E-state index in [0.717, 1.165) is 24.5 Å². The quantitative estimate of drug-likeness (QED) is 0.381. The fourth-order valence-electron chi connectivity index (χ4n) is 3.32. The normalized spacial score (nSPS) is 11.5. The second kappa shape index (κ2) is 9.68. The molecule has 2 aromatic heterocycles. The van der Waals surface area contributed by atoms with Gasteiger partial charge < -0.3 is 5.32 Å².